The van der Waals surface area contributed by atoms with Crippen molar-refractivity contribution >= 4 is 5.78 Å². The van der Waals surface area contributed by atoms with Gasteiger partial charge in [0.15, 0.2) is 5.78 Å². The van der Waals surface area contributed by atoms with Gasteiger partial charge in [0, 0.05) is 35.3 Å². The van der Waals surface area contributed by atoms with Gasteiger partial charge < -0.3 is 0 Å². The Morgan fingerprint density at radius 1 is 1.26 bits per heavy atom. The molecule has 1 saturated carbocycles. The highest BCUT2D eigenvalue weighted by molar-refractivity contribution is 5.99. The summed E-state index contributed by atoms with van der Waals surface area (Å²) < 4.78 is 39.2. The fourth-order valence-electron chi connectivity index (χ4n) is 3.43. The zero-order chi connectivity index (χ0) is 13.8. The van der Waals surface area contributed by atoms with Crippen LogP contribution in [-0.2, 0) is 4.79 Å². The first-order chi connectivity index (χ1) is 8.89. The summed E-state index contributed by atoms with van der Waals surface area (Å²) in [4.78, 5) is 12.0. The van der Waals surface area contributed by atoms with Crippen LogP contribution in [0.1, 0.15) is 12.8 Å². The van der Waals surface area contributed by atoms with Gasteiger partial charge in [0.25, 0.3) is 0 Å². The van der Waals surface area contributed by atoms with Gasteiger partial charge in [-0.3, -0.25) is 4.79 Å². The van der Waals surface area contributed by atoms with E-state index in [4.69, 9.17) is 0 Å². The molecule has 0 radical (unpaired) electrons. The van der Waals surface area contributed by atoms with E-state index in [0.717, 1.165) is 11.6 Å². The summed E-state index contributed by atoms with van der Waals surface area (Å²) in [7, 11) is 0. The zero-order valence-corrected chi connectivity index (χ0v) is 10.2. The fourth-order valence-corrected chi connectivity index (χ4v) is 3.43. The Balaban J connectivity index is 2.12. The number of rotatable bonds is 0. The third kappa shape index (κ3) is 1.81. The molecule has 1 fully saturated rings. The molecule has 0 spiro atoms. The minimum absolute atomic E-state index is 0.0796. The molecule has 100 valence electrons. The SMILES string of the molecule is C=C1CC(=O)C2=CC=C(C(F)(F)F)C3CC=CC1C23. The van der Waals surface area contributed by atoms with Crippen molar-refractivity contribution in [3.63, 3.8) is 0 Å². The number of hydrogen-bond acceptors (Lipinski definition) is 1. The maximum atomic E-state index is 13.1. The molecule has 4 heteroatoms. The standard InChI is InChI=1S/C15H13F3O/c1-8-7-13(19)11-5-6-12(15(16,17)18)10-4-2-3-9(8)14(10)11/h2-3,5-6,9-10,14H,1,4,7H2. The van der Waals surface area contributed by atoms with E-state index in [1.54, 1.807) is 6.08 Å². The Morgan fingerprint density at radius 3 is 2.68 bits per heavy atom. The molecule has 1 nitrogen and oxygen atoms in total. The molecule has 0 aliphatic heterocycles. The van der Waals surface area contributed by atoms with E-state index >= 15 is 0 Å². The number of carbonyl (C=O) groups is 1. The summed E-state index contributed by atoms with van der Waals surface area (Å²) in [6.07, 6.45) is 2.40. The van der Waals surface area contributed by atoms with Crippen molar-refractivity contribution in [2.75, 3.05) is 0 Å². The summed E-state index contributed by atoms with van der Waals surface area (Å²) in [5, 5.41) is 0. The highest BCUT2D eigenvalue weighted by atomic mass is 19.4. The molecule has 3 unspecified atom stereocenters. The number of alkyl halides is 3. The van der Waals surface area contributed by atoms with Crippen LogP contribution in [0.5, 0.6) is 0 Å². The molecule has 0 aromatic rings. The lowest BCUT2D eigenvalue weighted by atomic mass is 9.60. The highest BCUT2D eigenvalue weighted by Gasteiger charge is 2.49. The minimum Gasteiger partial charge on any atom is -0.294 e. The quantitative estimate of drug-likeness (QED) is 0.610. The predicted octanol–water partition coefficient (Wildman–Crippen LogP) is 3.75. The molecule has 0 heterocycles. The van der Waals surface area contributed by atoms with Crippen molar-refractivity contribution in [2.45, 2.75) is 19.0 Å². The molecule has 0 amide bonds. The van der Waals surface area contributed by atoms with Gasteiger partial charge in [-0.1, -0.05) is 36.5 Å². The summed E-state index contributed by atoms with van der Waals surface area (Å²) in [5.41, 5.74) is 0.759. The normalized spacial score (nSPS) is 33.7. The minimum atomic E-state index is -4.33. The summed E-state index contributed by atoms with van der Waals surface area (Å²) in [6, 6.07) is 0. The van der Waals surface area contributed by atoms with E-state index in [2.05, 4.69) is 6.58 Å². The van der Waals surface area contributed by atoms with Crippen LogP contribution in [0.15, 0.2) is 47.6 Å². The largest absolute Gasteiger partial charge is 0.412 e. The maximum absolute atomic E-state index is 13.1. The summed E-state index contributed by atoms with van der Waals surface area (Å²) >= 11 is 0. The zero-order valence-electron chi connectivity index (χ0n) is 10.2. The molecule has 0 bridgehead atoms. The molecule has 19 heavy (non-hydrogen) atoms. The van der Waals surface area contributed by atoms with Gasteiger partial charge in [-0.15, -0.1) is 0 Å². The molecule has 3 atom stereocenters. The van der Waals surface area contributed by atoms with Crippen molar-refractivity contribution in [3.05, 3.63) is 47.6 Å². The van der Waals surface area contributed by atoms with Crippen molar-refractivity contribution in [2.24, 2.45) is 17.8 Å². The second-order valence-electron chi connectivity index (χ2n) is 5.32. The van der Waals surface area contributed by atoms with Crippen molar-refractivity contribution in [1.29, 1.82) is 0 Å². The maximum Gasteiger partial charge on any atom is 0.412 e. The molecular weight excluding hydrogens is 253 g/mol. The molecule has 0 saturated heterocycles. The molecule has 0 aromatic carbocycles. The Morgan fingerprint density at radius 2 is 2.00 bits per heavy atom. The van der Waals surface area contributed by atoms with Crippen LogP contribution in [0.3, 0.4) is 0 Å². The van der Waals surface area contributed by atoms with E-state index in [9.17, 15) is 18.0 Å². The summed E-state index contributed by atoms with van der Waals surface area (Å²) in [5.74, 6) is -1.23. The summed E-state index contributed by atoms with van der Waals surface area (Å²) in [6.45, 7) is 3.86. The van der Waals surface area contributed by atoms with E-state index in [1.807, 2.05) is 6.08 Å². The predicted molar refractivity (Wildman–Crippen MR) is 65.2 cm³/mol. The van der Waals surface area contributed by atoms with Crippen LogP contribution >= 0.6 is 0 Å². The molecular formula is C15H13F3O. The number of carbonyl (C=O) groups excluding carboxylic acids is 1. The number of hydrogen-bond donors (Lipinski definition) is 0. The molecule has 0 N–H and O–H groups in total. The van der Waals surface area contributed by atoms with Gasteiger partial charge in [0.05, 0.1) is 0 Å². The average molecular weight is 266 g/mol. The topological polar surface area (TPSA) is 17.1 Å². The Hall–Kier alpha value is -1.58. The van der Waals surface area contributed by atoms with Crippen LogP contribution in [0.4, 0.5) is 13.2 Å². The highest BCUT2D eigenvalue weighted by Crippen LogP contribution is 2.51. The van der Waals surface area contributed by atoms with Crippen LogP contribution < -0.4 is 0 Å². The van der Waals surface area contributed by atoms with Gasteiger partial charge in [0.2, 0.25) is 0 Å². The van der Waals surface area contributed by atoms with Crippen molar-refractivity contribution < 1.29 is 18.0 Å². The Bertz CT molecular complexity index is 548. The average Bonchev–Trinajstić information content (AvgIpc) is 2.33. The fraction of sp³-hybridized carbons (Fsp3) is 0.400. The molecule has 0 aromatic heterocycles. The second kappa shape index (κ2) is 3.95. The second-order valence-corrected chi connectivity index (χ2v) is 5.32. The third-order valence-corrected chi connectivity index (χ3v) is 4.26. The number of halogens is 3. The lowest BCUT2D eigenvalue weighted by Gasteiger charge is -2.43. The lowest BCUT2D eigenvalue weighted by Crippen LogP contribution is -2.40. The van der Waals surface area contributed by atoms with Gasteiger partial charge >= 0.3 is 6.18 Å². The van der Waals surface area contributed by atoms with Gasteiger partial charge in [-0.05, 0) is 6.42 Å². The number of Topliss-reactive ketones (excluding diaryl/α,β-unsaturated/α-hetero) is 1. The first kappa shape index (κ1) is 12.5. The lowest BCUT2D eigenvalue weighted by molar-refractivity contribution is -0.118. The van der Waals surface area contributed by atoms with Gasteiger partial charge in [0.1, 0.15) is 0 Å². The van der Waals surface area contributed by atoms with Crippen molar-refractivity contribution in [1.82, 2.24) is 0 Å². The van der Waals surface area contributed by atoms with E-state index in [-0.39, 0.29) is 24.0 Å². The Labute approximate surface area is 109 Å². The first-order valence-corrected chi connectivity index (χ1v) is 6.26. The first-order valence-electron chi connectivity index (χ1n) is 6.26. The van der Waals surface area contributed by atoms with E-state index < -0.39 is 17.7 Å². The Kier molecular flexibility index (Phi) is 2.59. The van der Waals surface area contributed by atoms with Gasteiger partial charge in [-0.2, -0.15) is 13.2 Å². The molecule has 3 aliphatic rings. The van der Waals surface area contributed by atoms with E-state index in [0.29, 0.717) is 12.0 Å². The van der Waals surface area contributed by atoms with Crippen LogP contribution in [0.2, 0.25) is 0 Å². The van der Waals surface area contributed by atoms with E-state index in [1.165, 1.54) is 6.08 Å². The monoisotopic (exact) mass is 266 g/mol. The molecule has 3 aliphatic carbocycles. The smallest absolute Gasteiger partial charge is 0.294 e. The third-order valence-electron chi connectivity index (χ3n) is 4.26. The van der Waals surface area contributed by atoms with Crippen LogP contribution in [-0.4, -0.2) is 12.0 Å². The number of allylic oxidation sites excluding steroid dienone is 7. The van der Waals surface area contributed by atoms with Crippen LogP contribution in [0.25, 0.3) is 0 Å². The number of ketones is 1. The van der Waals surface area contributed by atoms with Crippen LogP contribution in [0, 0.1) is 17.8 Å². The van der Waals surface area contributed by atoms with Crippen molar-refractivity contribution in [3.8, 4) is 0 Å². The molecule has 3 rings (SSSR count). The van der Waals surface area contributed by atoms with Gasteiger partial charge in [-0.25, -0.2) is 0 Å².